The Hall–Kier alpha value is -2.64. The summed E-state index contributed by atoms with van der Waals surface area (Å²) in [5.41, 5.74) is 4.28. The van der Waals surface area contributed by atoms with Crippen LogP contribution < -0.4 is 5.32 Å². The maximum Gasteiger partial charge on any atom is 0.246 e. The molecule has 1 aromatic carbocycles. The van der Waals surface area contributed by atoms with E-state index in [4.69, 9.17) is 9.15 Å². The monoisotopic (exact) mass is 368 g/mol. The average molecular weight is 368 g/mol. The third-order valence-corrected chi connectivity index (χ3v) is 4.81. The van der Waals surface area contributed by atoms with Gasteiger partial charge < -0.3 is 14.5 Å². The number of fused-ring (bicyclic) bond motifs is 2. The topological polar surface area (TPSA) is 72.5 Å². The van der Waals surface area contributed by atoms with Gasteiger partial charge in [0.1, 0.15) is 12.2 Å². The second-order valence-corrected chi connectivity index (χ2v) is 6.92. The van der Waals surface area contributed by atoms with E-state index in [2.05, 4.69) is 38.2 Å². The van der Waals surface area contributed by atoms with Gasteiger partial charge in [0.2, 0.25) is 5.91 Å². The predicted octanol–water partition coefficient (Wildman–Crippen LogP) is 2.30. The number of benzene rings is 1. The van der Waals surface area contributed by atoms with Crippen LogP contribution in [0.1, 0.15) is 23.4 Å². The molecule has 7 heteroatoms. The molecule has 1 N–H and O–H groups in total. The largest absolute Gasteiger partial charge is 0.464 e. The van der Waals surface area contributed by atoms with Gasteiger partial charge in [-0.25, -0.2) is 0 Å². The molecule has 1 amide bonds. The molecule has 0 saturated heterocycles. The number of carbonyl (C=O) groups excluding carboxylic acids is 1. The number of carbonyl (C=O) groups is 1. The van der Waals surface area contributed by atoms with Crippen LogP contribution >= 0.6 is 0 Å². The quantitative estimate of drug-likeness (QED) is 0.723. The Balaban J connectivity index is 1.42. The van der Waals surface area contributed by atoms with Crippen LogP contribution in [0.15, 0.2) is 41.0 Å². The summed E-state index contributed by atoms with van der Waals surface area (Å²) in [6.07, 6.45) is 2.78. The van der Waals surface area contributed by atoms with E-state index in [1.54, 1.807) is 6.26 Å². The number of ether oxygens (including phenoxy) is 1. The first-order chi connectivity index (χ1) is 13.2. The van der Waals surface area contributed by atoms with Crippen molar-refractivity contribution in [3.8, 4) is 0 Å². The molecule has 3 heterocycles. The molecule has 0 spiro atoms. The number of hydrogen-bond donors (Lipinski definition) is 1. The summed E-state index contributed by atoms with van der Waals surface area (Å²) in [5.74, 6) is -0.128. The zero-order valence-electron chi connectivity index (χ0n) is 15.5. The van der Waals surface area contributed by atoms with Crippen LogP contribution in [0.3, 0.4) is 0 Å². The zero-order chi connectivity index (χ0) is 18.6. The molecule has 3 aromatic rings. The Morgan fingerprint density at radius 2 is 2.22 bits per heavy atom. The van der Waals surface area contributed by atoms with Gasteiger partial charge in [0.05, 0.1) is 24.2 Å². The second-order valence-electron chi connectivity index (χ2n) is 6.92. The minimum Gasteiger partial charge on any atom is -0.464 e. The minimum atomic E-state index is -0.128. The summed E-state index contributed by atoms with van der Waals surface area (Å²) in [5, 5.41) is 8.61. The molecular formula is C20H24N4O3. The highest BCUT2D eigenvalue weighted by Crippen LogP contribution is 2.20. The zero-order valence-corrected chi connectivity index (χ0v) is 15.5. The fourth-order valence-corrected chi connectivity index (χ4v) is 3.55. The number of amides is 1. The summed E-state index contributed by atoms with van der Waals surface area (Å²) in [6, 6.07) is 10.4. The van der Waals surface area contributed by atoms with Crippen LogP contribution in [-0.2, 0) is 35.7 Å². The predicted molar refractivity (Wildman–Crippen MR) is 101 cm³/mol. The van der Waals surface area contributed by atoms with E-state index in [0.29, 0.717) is 6.54 Å². The fraction of sp³-hybridized carbons (Fsp3) is 0.400. The lowest BCUT2D eigenvalue weighted by molar-refractivity contribution is -0.124. The molecule has 1 aliphatic rings. The summed E-state index contributed by atoms with van der Waals surface area (Å²) in [7, 11) is 1.51. The van der Waals surface area contributed by atoms with Crippen molar-refractivity contribution >= 4 is 16.9 Å². The van der Waals surface area contributed by atoms with Crippen molar-refractivity contribution in [1.82, 2.24) is 20.0 Å². The number of nitrogens with one attached hydrogen (secondary N) is 1. The van der Waals surface area contributed by atoms with E-state index in [0.717, 1.165) is 49.3 Å². The molecule has 4 rings (SSSR count). The van der Waals surface area contributed by atoms with Crippen molar-refractivity contribution in [1.29, 1.82) is 0 Å². The SMILES string of the molecule is COCC(=O)NCc1cc2n(n1)CCCN(Cc1ccc3occc3c1)C2. The Labute approximate surface area is 157 Å². The van der Waals surface area contributed by atoms with E-state index < -0.39 is 0 Å². The van der Waals surface area contributed by atoms with E-state index >= 15 is 0 Å². The molecule has 0 unspecified atom stereocenters. The lowest BCUT2D eigenvalue weighted by Gasteiger charge is -2.19. The second kappa shape index (κ2) is 7.94. The molecule has 1 aliphatic heterocycles. The van der Waals surface area contributed by atoms with Gasteiger partial charge in [-0.1, -0.05) is 6.07 Å². The fourth-order valence-electron chi connectivity index (χ4n) is 3.55. The van der Waals surface area contributed by atoms with E-state index in [1.807, 2.05) is 12.1 Å². The van der Waals surface area contributed by atoms with Crippen molar-refractivity contribution in [2.75, 3.05) is 20.3 Å². The number of furan rings is 1. The number of aryl methyl sites for hydroxylation is 1. The summed E-state index contributed by atoms with van der Waals surface area (Å²) in [6.45, 7) is 4.18. The molecule has 0 saturated carbocycles. The normalized spacial score (nSPS) is 14.9. The van der Waals surface area contributed by atoms with Crippen LogP contribution in [0.25, 0.3) is 11.0 Å². The number of rotatable bonds is 6. The highest BCUT2D eigenvalue weighted by molar-refractivity contribution is 5.77. The van der Waals surface area contributed by atoms with Gasteiger partial charge in [-0.05, 0) is 36.2 Å². The number of aromatic nitrogens is 2. The Bertz CT molecular complexity index is 930. The molecule has 0 bridgehead atoms. The Morgan fingerprint density at radius 3 is 3.11 bits per heavy atom. The first kappa shape index (κ1) is 17.8. The lowest BCUT2D eigenvalue weighted by Crippen LogP contribution is -2.26. The van der Waals surface area contributed by atoms with Gasteiger partial charge in [0, 0.05) is 38.7 Å². The molecular weight excluding hydrogens is 344 g/mol. The van der Waals surface area contributed by atoms with Gasteiger partial charge in [-0.3, -0.25) is 14.4 Å². The summed E-state index contributed by atoms with van der Waals surface area (Å²) in [4.78, 5) is 14.0. The molecule has 0 radical (unpaired) electrons. The van der Waals surface area contributed by atoms with Crippen LogP contribution in [-0.4, -0.2) is 40.8 Å². The molecule has 142 valence electrons. The van der Waals surface area contributed by atoms with Gasteiger partial charge in [0.15, 0.2) is 0 Å². The number of nitrogens with zero attached hydrogens (tertiary/aromatic N) is 3. The molecule has 27 heavy (non-hydrogen) atoms. The Kier molecular flexibility index (Phi) is 5.22. The van der Waals surface area contributed by atoms with Gasteiger partial charge >= 0.3 is 0 Å². The summed E-state index contributed by atoms with van der Waals surface area (Å²) >= 11 is 0. The maximum absolute atomic E-state index is 11.6. The smallest absolute Gasteiger partial charge is 0.246 e. The van der Waals surface area contributed by atoms with Crippen LogP contribution in [0.5, 0.6) is 0 Å². The Morgan fingerprint density at radius 1 is 1.30 bits per heavy atom. The number of hydrogen-bond acceptors (Lipinski definition) is 5. The molecule has 0 fully saturated rings. The first-order valence-corrected chi connectivity index (χ1v) is 9.21. The van der Waals surface area contributed by atoms with Crippen molar-refractivity contribution in [2.45, 2.75) is 32.6 Å². The van der Waals surface area contributed by atoms with Crippen molar-refractivity contribution in [3.63, 3.8) is 0 Å². The van der Waals surface area contributed by atoms with Crippen molar-refractivity contribution in [3.05, 3.63) is 53.5 Å². The van der Waals surface area contributed by atoms with Crippen LogP contribution in [0.4, 0.5) is 0 Å². The molecule has 2 aromatic heterocycles. The molecule has 0 aliphatic carbocycles. The minimum absolute atomic E-state index is 0.0718. The third-order valence-electron chi connectivity index (χ3n) is 4.81. The molecule has 0 atom stereocenters. The highest BCUT2D eigenvalue weighted by atomic mass is 16.5. The van der Waals surface area contributed by atoms with E-state index in [-0.39, 0.29) is 12.5 Å². The van der Waals surface area contributed by atoms with Gasteiger partial charge in [-0.2, -0.15) is 5.10 Å². The maximum atomic E-state index is 11.6. The van der Waals surface area contributed by atoms with E-state index in [1.165, 1.54) is 18.4 Å². The standard InChI is InChI=1S/C20H24N4O3/c1-26-14-20(25)21-11-17-10-18-13-23(6-2-7-24(18)22-17)12-15-3-4-19-16(9-15)5-8-27-19/h3-5,8-10H,2,6-7,11-14H2,1H3,(H,21,25). The number of methoxy groups -OCH3 is 1. The summed E-state index contributed by atoms with van der Waals surface area (Å²) < 4.78 is 12.3. The van der Waals surface area contributed by atoms with Crippen molar-refractivity contribution in [2.24, 2.45) is 0 Å². The van der Waals surface area contributed by atoms with Crippen LogP contribution in [0, 0.1) is 0 Å². The molecule has 7 nitrogen and oxygen atoms in total. The first-order valence-electron chi connectivity index (χ1n) is 9.21. The highest BCUT2D eigenvalue weighted by Gasteiger charge is 2.17. The lowest BCUT2D eigenvalue weighted by atomic mass is 10.1. The van der Waals surface area contributed by atoms with Gasteiger partial charge in [0.25, 0.3) is 0 Å². The van der Waals surface area contributed by atoms with Gasteiger partial charge in [-0.15, -0.1) is 0 Å². The average Bonchev–Trinajstić information content (AvgIpc) is 3.22. The van der Waals surface area contributed by atoms with Crippen molar-refractivity contribution < 1.29 is 13.9 Å². The third kappa shape index (κ3) is 4.20. The van der Waals surface area contributed by atoms with E-state index in [9.17, 15) is 4.79 Å². The van der Waals surface area contributed by atoms with Crippen LogP contribution in [0.2, 0.25) is 0 Å².